The Balaban J connectivity index is 2.10. The van der Waals surface area contributed by atoms with Crippen LogP contribution in [0.3, 0.4) is 0 Å². The third-order valence-corrected chi connectivity index (χ3v) is 3.96. The van der Waals surface area contributed by atoms with Crippen molar-refractivity contribution in [2.75, 3.05) is 0 Å². The van der Waals surface area contributed by atoms with E-state index in [9.17, 15) is 0 Å². The van der Waals surface area contributed by atoms with Crippen LogP contribution in [0.2, 0.25) is 0 Å². The first-order valence-corrected chi connectivity index (χ1v) is 6.43. The number of hydrogen-bond acceptors (Lipinski definition) is 2. The van der Waals surface area contributed by atoms with Crippen molar-refractivity contribution in [3.05, 3.63) is 18.0 Å². The number of aromatic nitrogens is 2. The van der Waals surface area contributed by atoms with E-state index in [-0.39, 0.29) is 6.04 Å². The first-order valence-electron chi connectivity index (χ1n) is 6.43. The molecule has 1 saturated carbocycles. The van der Waals surface area contributed by atoms with Crippen LogP contribution in [0.5, 0.6) is 0 Å². The maximum Gasteiger partial charge on any atom is 0.0537 e. The predicted octanol–water partition coefficient (Wildman–Crippen LogP) is 2.87. The summed E-state index contributed by atoms with van der Waals surface area (Å²) in [6.45, 7) is 5.48. The van der Waals surface area contributed by atoms with Gasteiger partial charge < -0.3 is 5.73 Å². The van der Waals surface area contributed by atoms with Crippen molar-refractivity contribution in [2.45, 2.75) is 58.5 Å². The van der Waals surface area contributed by atoms with E-state index in [0.29, 0.717) is 5.41 Å². The molecule has 0 amide bonds. The van der Waals surface area contributed by atoms with Crippen LogP contribution in [-0.4, -0.2) is 9.78 Å². The van der Waals surface area contributed by atoms with Gasteiger partial charge in [0.1, 0.15) is 0 Å². The molecule has 0 spiro atoms. The van der Waals surface area contributed by atoms with Gasteiger partial charge in [-0.1, -0.05) is 26.7 Å². The van der Waals surface area contributed by atoms with Crippen LogP contribution in [0.1, 0.15) is 57.6 Å². The molecule has 0 saturated heterocycles. The van der Waals surface area contributed by atoms with E-state index in [1.807, 2.05) is 10.9 Å². The molecule has 1 fully saturated rings. The van der Waals surface area contributed by atoms with Crippen molar-refractivity contribution in [3.63, 3.8) is 0 Å². The molecule has 1 aliphatic carbocycles. The molecular formula is C13H23N3. The second-order valence-electron chi connectivity index (χ2n) is 5.38. The molecular weight excluding hydrogens is 198 g/mol. The van der Waals surface area contributed by atoms with Gasteiger partial charge >= 0.3 is 0 Å². The molecule has 1 aromatic heterocycles. The summed E-state index contributed by atoms with van der Waals surface area (Å²) < 4.78 is 2.01. The van der Waals surface area contributed by atoms with Gasteiger partial charge in [-0.3, -0.25) is 4.68 Å². The summed E-state index contributed by atoms with van der Waals surface area (Å²) >= 11 is 0. The van der Waals surface area contributed by atoms with Crippen molar-refractivity contribution in [3.8, 4) is 0 Å². The van der Waals surface area contributed by atoms with Crippen LogP contribution in [0.25, 0.3) is 0 Å². The van der Waals surface area contributed by atoms with Crippen molar-refractivity contribution in [2.24, 2.45) is 11.1 Å². The van der Waals surface area contributed by atoms with Gasteiger partial charge in [-0.25, -0.2) is 0 Å². The fourth-order valence-corrected chi connectivity index (χ4v) is 2.79. The van der Waals surface area contributed by atoms with Gasteiger partial charge in [0, 0.05) is 24.3 Å². The Morgan fingerprint density at radius 3 is 2.81 bits per heavy atom. The molecule has 2 N–H and O–H groups in total. The lowest BCUT2D eigenvalue weighted by atomic mass is 9.79. The molecule has 3 heteroatoms. The highest BCUT2D eigenvalue weighted by atomic mass is 15.3. The maximum absolute atomic E-state index is 6.39. The number of rotatable bonds is 4. The minimum atomic E-state index is 0.153. The zero-order valence-electron chi connectivity index (χ0n) is 10.4. The Hall–Kier alpha value is -0.830. The lowest BCUT2D eigenvalue weighted by Gasteiger charge is -2.30. The Bertz CT molecular complexity index is 337. The molecule has 1 aromatic rings. The van der Waals surface area contributed by atoms with Gasteiger partial charge in [-0.15, -0.1) is 0 Å². The fraction of sp³-hybridized carbons (Fsp3) is 0.769. The van der Waals surface area contributed by atoms with E-state index in [2.05, 4.69) is 25.1 Å². The second-order valence-corrected chi connectivity index (χ2v) is 5.38. The van der Waals surface area contributed by atoms with E-state index in [4.69, 9.17) is 5.73 Å². The fourth-order valence-electron chi connectivity index (χ4n) is 2.79. The van der Waals surface area contributed by atoms with Gasteiger partial charge in [-0.2, -0.15) is 5.10 Å². The zero-order valence-corrected chi connectivity index (χ0v) is 10.4. The maximum atomic E-state index is 6.39. The van der Waals surface area contributed by atoms with Crippen molar-refractivity contribution >= 4 is 0 Å². The smallest absolute Gasteiger partial charge is 0.0537 e. The van der Waals surface area contributed by atoms with Gasteiger partial charge in [0.2, 0.25) is 0 Å². The quantitative estimate of drug-likeness (QED) is 0.849. The molecule has 3 nitrogen and oxygen atoms in total. The highest BCUT2D eigenvalue weighted by Crippen LogP contribution is 2.45. The summed E-state index contributed by atoms with van der Waals surface area (Å²) in [6.07, 6.45) is 10.4. The molecule has 0 aromatic carbocycles. The standard InChI is InChI=1S/C13H23N3/c1-3-8-16-10-11(9-15-16)12(14)13(2)6-4-5-7-13/h9-10,12H,3-8,14H2,1-2H3. The van der Waals surface area contributed by atoms with E-state index < -0.39 is 0 Å². The van der Waals surface area contributed by atoms with Crippen LogP contribution in [0.15, 0.2) is 12.4 Å². The third kappa shape index (κ3) is 2.14. The summed E-state index contributed by atoms with van der Waals surface area (Å²) in [4.78, 5) is 0. The average Bonchev–Trinajstić information content (AvgIpc) is 2.88. The average molecular weight is 221 g/mol. The van der Waals surface area contributed by atoms with E-state index in [0.717, 1.165) is 13.0 Å². The number of nitrogens with zero attached hydrogens (tertiary/aromatic N) is 2. The molecule has 1 unspecified atom stereocenters. The molecule has 1 heterocycles. The van der Waals surface area contributed by atoms with Crippen LogP contribution in [-0.2, 0) is 6.54 Å². The van der Waals surface area contributed by atoms with Gasteiger partial charge in [-0.05, 0) is 24.7 Å². The minimum Gasteiger partial charge on any atom is -0.323 e. The second kappa shape index (κ2) is 4.58. The van der Waals surface area contributed by atoms with E-state index in [1.165, 1.54) is 31.2 Å². The number of aryl methyl sites for hydroxylation is 1. The Labute approximate surface area is 98.0 Å². The SMILES string of the molecule is CCCn1cc(C(N)C2(C)CCCC2)cn1. The Kier molecular flexibility index (Phi) is 3.33. The third-order valence-electron chi connectivity index (χ3n) is 3.96. The monoisotopic (exact) mass is 221 g/mol. The molecule has 2 rings (SSSR count). The first kappa shape index (κ1) is 11.6. The highest BCUT2D eigenvalue weighted by Gasteiger charge is 2.36. The molecule has 0 bridgehead atoms. The summed E-state index contributed by atoms with van der Waals surface area (Å²) in [7, 11) is 0. The van der Waals surface area contributed by atoms with Gasteiger partial charge in [0.15, 0.2) is 0 Å². The molecule has 1 atom stereocenters. The van der Waals surface area contributed by atoms with Crippen LogP contribution >= 0.6 is 0 Å². The topological polar surface area (TPSA) is 43.8 Å². The molecule has 0 radical (unpaired) electrons. The molecule has 0 aliphatic heterocycles. The van der Waals surface area contributed by atoms with Crippen molar-refractivity contribution < 1.29 is 0 Å². The number of nitrogens with two attached hydrogens (primary N) is 1. The largest absolute Gasteiger partial charge is 0.323 e. The normalized spacial score (nSPS) is 21.2. The highest BCUT2D eigenvalue weighted by molar-refractivity contribution is 5.14. The molecule has 90 valence electrons. The summed E-state index contributed by atoms with van der Waals surface area (Å²) in [5.41, 5.74) is 7.89. The summed E-state index contributed by atoms with van der Waals surface area (Å²) in [5, 5.41) is 4.37. The van der Waals surface area contributed by atoms with Crippen molar-refractivity contribution in [1.29, 1.82) is 0 Å². The lowest BCUT2D eigenvalue weighted by Crippen LogP contribution is -2.29. The van der Waals surface area contributed by atoms with Gasteiger partial charge in [0.05, 0.1) is 6.20 Å². The van der Waals surface area contributed by atoms with Crippen LogP contribution < -0.4 is 5.73 Å². The lowest BCUT2D eigenvalue weighted by molar-refractivity contribution is 0.265. The van der Waals surface area contributed by atoms with Crippen LogP contribution in [0, 0.1) is 5.41 Å². The van der Waals surface area contributed by atoms with Gasteiger partial charge in [0.25, 0.3) is 0 Å². The summed E-state index contributed by atoms with van der Waals surface area (Å²) in [6, 6.07) is 0.153. The Morgan fingerprint density at radius 2 is 2.19 bits per heavy atom. The minimum absolute atomic E-state index is 0.153. The van der Waals surface area contributed by atoms with Crippen LogP contribution in [0.4, 0.5) is 0 Å². The number of hydrogen-bond donors (Lipinski definition) is 1. The Morgan fingerprint density at radius 1 is 1.50 bits per heavy atom. The van der Waals surface area contributed by atoms with E-state index in [1.54, 1.807) is 0 Å². The predicted molar refractivity (Wildman–Crippen MR) is 66.0 cm³/mol. The molecule has 16 heavy (non-hydrogen) atoms. The van der Waals surface area contributed by atoms with E-state index >= 15 is 0 Å². The first-order chi connectivity index (χ1) is 7.65. The summed E-state index contributed by atoms with van der Waals surface area (Å²) in [5.74, 6) is 0. The zero-order chi connectivity index (χ0) is 11.6. The van der Waals surface area contributed by atoms with Crippen molar-refractivity contribution in [1.82, 2.24) is 9.78 Å². The molecule has 1 aliphatic rings.